The highest BCUT2D eigenvalue weighted by Gasteiger charge is 2.35. The molecule has 0 bridgehead atoms. The van der Waals surface area contributed by atoms with Gasteiger partial charge in [-0.25, -0.2) is 8.42 Å². The number of carbonyl (C=O) groups is 1. The van der Waals surface area contributed by atoms with Gasteiger partial charge >= 0.3 is 0 Å². The molecule has 2 aromatic rings. The van der Waals surface area contributed by atoms with Crippen molar-refractivity contribution < 1.29 is 13.2 Å². The minimum absolute atomic E-state index is 0.204. The first-order valence-corrected chi connectivity index (χ1v) is 11.2. The highest BCUT2D eigenvalue weighted by Crippen LogP contribution is 2.30. The van der Waals surface area contributed by atoms with Crippen LogP contribution >= 0.6 is 11.6 Å². The molecule has 1 aliphatic rings. The SMILES string of the molecule is CC[C@H](C(=O)N1CCCc2ccccc21)N(c1ccc(Cl)cc1)S(C)(=O)=O. The number of nitrogens with zero attached hydrogens (tertiary/aromatic N) is 2. The average Bonchev–Trinajstić information content (AvgIpc) is 2.65. The van der Waals surface area contributed by atoms with Crippen LogP contribution in [0.4, 0.5) is 11.4 Å². The van der Waals surface area contributed by atoms with Gasteiger partial charge in [0.05, 0.1) is 11.9 Å². The van der Waals surface area contributed by atoms with Gasteiger partial charge in [-0.15, -0.1) is 0 Å². The molecule has 1 amide bonds. The van der Waals surface area contributed by atoms with Gasteiger partial charge in [-0.05, 0) is 55.2 Å². The predicted molar refractivity (Wildman–Crippen MR) is 110 cm³/mol. The highest BCUT2D eigenvalue weighted by molar-refractivity contribution is 7.92. The molecule has 27 heavy (non-hydrogen) atoms. The molecule has 0 saturated heterocycles. The van der Waals surface area contributed by atoms with Gasteiger partial charge in [0.25, 0.3) is 5.91 Å². The molecule has 3 rings (SSSR count). The number of rotatable bonds is 5. The number of aryl methyl sites for hydroxylation is 1. The van der Waals surface area contributed by atoms with Crippen LogP contribution in [0.3, 0.4) is 0 Å². The largest absolute Gasteiger partial charge is 0.310 e. The Hall–Kier alpha value is -2.05. The van der Waals surface area contributed by atoms with E-state index in [1.165, 1.54) is 4.31 Å². The minimum atomic E-state index is -3.66. The van der Waals surface area contributed by atoms with Gasteiger partial charge in [0.1, 0.15) is 6.04 Å². The van der Waals surface area contributed by atoms with Crippen molar-refractivity contribution >= 4 is 38.9 Å². The molecule has 1 aliphatic heterocycles. The number of amides is 1. The third kappa shape index (κ3) is 4.12. The number of hydrogen-bond acceptors (Lipinski definition) is 3. The summed E-state index contributed by atoms with van der Waals surface area (Å²) in [5.41, 5.74) is 2.42. The Morgan fingerprint density at radius 2 is 1.85 bits per heavy atom. The summed E-state index contributed by atoms with van der Waals surface area (Å²) in [4.78, 5) is 15.1. The van der Waals surface area contributed by atoms with Gasteiger partial charge in [-0.3, -0.25) is 9.10 Å². The highest BCUT2D eigenvalue weighted by atomic mass is 35.5. The first kappa shape index (κ1) is 19.7. The number of hydrogen-bond donors (Lipinski definition) is 0. The zero-order chi connectivity index (χ0) is 19.6. The summed E-state index contributed by atoms with van der Waals surface area (Å²) in [6, 6.07) is 13.5. The molecule has 5 nitrogen and oxygen atoms in total. The first-order chi connectivity index (χ1) is 12.8. The third-order valence-electron chi connectivity index (χ3n) is 4.77. The van der Waals surface area contributed by atoms with Gasteiger partial charge in [0, 0.05) is 17.3 Å². The van der Waals surface area contributed by atoms with Crippen LogP contribution in [0.25, 0.3) is 0 Å². The fraction of sp³-hybridized carbons (Fsp3) is 0.350. The maximum Gasteiger partial charge on any atom is 0.250 e. The number of sulfonamides is 1. The lowest BCUT2D eigenvalue weighted by Gasteiger charge is -2.36. The molecule has 0 aromatic heterocycles. The summed E-state index contributed by atoms with van der Waals surface area (Å²) in [7, 11) is -3.66. The summed E-state index contributed by atoms with van der Waals surface area (Å²) in [5.74, 6) is -0.204. The molecule has 144 valence electrons. The van der Waals surface area contributed by atoms with Gasteiger partial charge in [0.2, 0.25) is 10.0 Å². The Labute approximate surface area is 165 Å². The summed E-state index contributed by atoms with van der Waals surface area (Å²) in [5, 5.41) is 0.511. The molecule has 7 heteroatoms. The van der Waals surface area contributed by atoms with E-state index in [1.807, 2.05) is 31.2 Å². The summed E-state index contributed by atoms with van der Waals surface area (Å²) < 4.78 is 26.4. The van der Waals surface area contributed by atoms with Gasteiger partial charge in [-0.1, -0.05) is 36.7 Å². The standard InChI is InChI=1S/C20H23ClN2O3S/c1-3-18(23(27(2,25)26)17-12-10-16(21)11-13-17)20(24)22-14-6-8-15-7-4-5-9-19(15)22/h4-5,7,9-13,18H,3,6,8,14H2,1-2H3/t18-/m1/s1. The molecule has 0 fully saturated rings. The third-order valence-corrected chi connectivity index (χ3v) is 6.20. The van der Waals surface area contributed by atoms with Crippen molar-refractivity contribution in [2.45, 2.75) is 32.2 Å². The van der Waals surface area contributed by atoms with Crippen molar-refractivity contribution in [3.8, 4) is 0 Å². The lowest BCUT2D eigenvalue weighted by molar-refractivity contribution is -0.119. The average molecular weight is 407 g/mol. The van der Waals surface area contributed by atoms with Crippen molar-refractivity contribution in [2.24, 2.45) is 0 Å². The minimum Gasteiger partial charge on any atom is -0.310 e. The molecule has 0 N–H and O–H groups in total. The molecule has 2 aromatic carbocycles. The maximum atomic E-state index is 13.4. The Bertz CT molecular complexity index is 928. The monoisotopic (exact) mass is 406 g/mol. The number of anilines is 2. The molecular weight excluding hydrogens is 384 g/mol. The van der Waals surface area contributed by atoms with E-state index < -0.39 is 16.1 Å². The lowest BCUT2D eigenvalue weighted by atomic mass is 10.0. The van der Waals surface area contributed by atoms with E-state index in [-0.39, 0.29) is 5.91 Å². The van der Waals surface area contributed by atoms with E-state index in [2.05, 4.69) is 0 Å². The van der Waals surface area contributed by atoms with E-state index in [1.54, 1.807) is 29.2 Å². The number of benzene rings is 2. The van der Waals surface area contributed by atoms with Crippen molar-refractivity contribution in [1.82, 2.24) is 0 Å². The van der Waals surface area contributed by atoms with Crippen LogP contribution in [-0.4, -0.2) is 33.2 Å². The van der Waals surface area contributed by atoms with Crippen molar-refractivity contribution in [3.63, 3.8) is 0 Å². The van der Waals surface area contributed by atoms with Crippen molar-refractivity contribution in [1.29, 1.82) is 0 Å². The van der Waals surface area contributed by atoms with Crippen LogP contribution < -0.4 is 9.21 Å². The van der Waals surface area contributed by atoms with Gasteiger partial charge < -0.3 is 4.90 Å². The zero-order valence-electron chi connectivity index (χ0n) is 15.4. The first-order valence-electron chi connectivity index (χ1n) is 8.97. The molecule has 0 aliphatic carbocycles. The molecule has 1 heterocycles. The van der Waals surface area contributed by atoms with Crippen molar-refractivity contribution in [2.75, 3.05) is 22.0 Å². The van der Waals surface area contributed by atoms with E-state index in [0.717, 1.165) is 30.3 Å². The van der Waals surface area contributed by atoms with Crippen molar-refractivity contribution in [3.05, 3.63) is 59.1 Å². The van der Waals surface area contributed by atoms with E-state index >= 15 is 0 Å². The molecule has 0 unspecified atom stereocenters. The van der Waals surface area contributed by atoms with Crippen LogP contribution in [0.5, 0.6) is 0 Å². The second-order valence-electron chi connectivity index (χ2n) is 6.68. The summed E-state index contributed by atoms with van der Waals surface area (Å²) in [6.07, 6.45) is 3.28. The summed E-state index contributed by atoms with van der Waals surface area (Å²) in [6.45, 7) is 2.41. The van der Waals surface area contributed by atoms with Crippen LogP contribution in [-0.2, 0) is 21.2 Å². The van der Waals surface area contributed by atoms with E-state index in [9.17, 15) is 13.2 Å². The fourth-order valence-electron chi connectivity index (χ4n) is 3.57. The van der Waals surface area contributed by atoms with E-state index in [0.29, 0.717) is 23.7 Å². The van der Waals surface area contributed by atoms with E-state index in [4.69, 9.17) is 11.6 Å². The van der Waals surface area contributed by atoms with Crippen LogP contribution in [0, 0.1) is 0 Å². The Morgan fingerprint density at radius 3 is 2.48 bits per heavy atom. The molecule has 0 saturated carbocycles. The smallest absolute Gasteiger partial charge is 0.250 e. The Morgan fingerprint density at radius 1 is 1.19 bits per heavy atom. The Balaban J connectivity index is 2.01. The maximum absolute atomic E-state index is 13.4. The zero-order valence-corrected chi connectivity index (χ0v) is 17.0. The number of para-hydroxylation sites is 1. The molecule has 0 spiro atoms. The molecular formula is C20H23ClN2O3S. The van der Waals surface area contributed by atoms with Crippen LogP contribution in [0.15, 0.2) is 48.5 Å². The number of carbonyl (C=O) groups excluding carboxylic acids is 1. The second-order valence-corrected chi connectivity index (χ2v) is 8.98. The van der Waals surface area contributed by atoms with Crippen LogP contribution in [0.1, 0.15) is 25.3 Å². The van der Waals surface area contributed by atoms with Gasteiger partial charge in [0.15, 0.2) is 0 Å². The number of fused-ring (bicyclic) bond motifs is 1. The molecule has 1 atom stereocenters. The fourth-order valence-corrected chi connectivity index (χ4v) is 4.91. The lowest BCUT2D eigenvalue weighted by Crippen LogP contribution is -2.52. The second kappa shape index (κ2) is 7.90. The Kier molecular flexibility index (Phi) is 5.77. The van der Waals surface area contributed by atoms with Crippen LogP contribution in [0.2, 0.25) is 5.02 Å². The topological polar surface area (TPSA) is 57.7 Å². The predicted octanol–water partition coefficient (Wildman–Crippen LogP) is 3.86. The normalized spacial score (nSPS) is 15.1. The number of halogens is 1. The quantitative estimate of drug-likeness (QED) is 0.757. The molecule has 0 radical (unpaired) electrons. The van der Waals surface area contributed by atoms with Gasteiger partial charge in [-0.2, -0.15) is 0 Å². The summed E-state index contributed by atoms with van der Waals surface area (Å²) >= 11 is 5.94.